The zero-order valence-corrected chi connectivity index (χ0v) is 14.5. The minimum Gasteiger partial charge on any atom is -0.482 e. The second kappa shape index (κ2) is 6.86. The van der Waals surface area contributed by atoms with Gasteiger partial charge in [0.15, 0.2) is 6.61 Å². The van der Waals surface area contributed by atoms with E-state index in [0.717, 1.165) is 16.7 Å². The third-order valence-corrected chi connectivity index (χ3v) is 3.59. The lowest BCUT2D eigenvalue weighted by Gasteiger charge is -2.22. The summed E-state index contributed by atoms with van der Waals surface area (Å²) in [5.74, 6) is 0.896. The number of ether oxygens (including phenoxy) is 2. The molecule has 2 aromatic rings. The van der Waals surface area contributed by atoms with Crippen LogP contribution in [0.1, 0.15) is 37.5 Å². The van der Waals surface area contributed by atoms with Crippen LogP contribution in [0.5, 0.6) is 11.5 Å². The number of benzene rings is 2. The average Bonchev–Trinajstić information content (AvgIpc) is 2.46. The van der Waals surface area contributed by atoms with Crippen LogP contribution in [0.3, 0.4) is 0 Å². The highest BCUT2D eigenvalue weighted by molar-refractivity contribution is 5.74. The Bertz CT molecular complexity index is 696. The van der Waals surface area contributed by atoms with Crippen LogP contribution in [-0.2, 0) is 10.2 Å². The maximum absolute atomic E-state index is 12.1. The van der Waals surface area contributed by atoms with Gasteiger partial charge in [-0.2, -0.15) is 0 Å². The fourth-order valence-corrected chi connectivity index (χ4v) is 2.43. The number of para-hydroxylation sites is 1. The van der Waals surface area contributed by atoms with Gasteiger partial charge in [-0.1, -0.05) is 56.7 Å². The molecule has 2 aromatic carbocycles. The van der Waals surface area contributed by atoms with Gasteiger partial charge in [-0.05, 0) is 37.0 Å². The molecule has 122 valence electrons. The molecular weight excluding hydrogens is 288 g/mol. The van der Waals surface area contributed by atoms with Gasteiger partial charge in [0, 0.05) is 5.56 Å². The van der Waals surface area contributed by atoms with Crippen LogP contribution >= 0.6 is 0 Å². The topological polar surface area (TPSA) is 35.5 Å². The van der Waals surface area contributed by atoms with Crippen molar-refractivity contribution in [1.29, 1.82) is 0 Å². The summed E-state index contributed by atoms with van der Waals surface area (Å²) in [7, 11) is 0. The molecule has 0 aliphatic rings. The first-order valence-electron chi connectivity index (χ1n) is 7.77. The van der Waals surface area contributed by atoms with Crippen LogP contribution < -0.4 is 9.47 Å². The van der Waals surface area contributed by atoms with Crippen molar-refractivity contribution in [3.63, 3.8) is 0 Å². The number of esters is 1. The molecule has 0 spiro atoms. The van der Waals surface area contributed by atoms with E-state index in [1.807, 2.05) is 56.3 Å². The van der Waals surface area contributed by atoms with E-state index in [0.29, 0.717) is 11.5 Å². The molecule has 0 fully saturated rings. The summed E-state index contributed by atoms with van der Waals surface area (Å²) in [6.07, 6.45) is 0. The Labute approximate surface area is 138 Å². The van der Waals surface area contributed by atoms with Crippen LogP contribution in [0.2, 0.25) is 0 Å². The number of rotatable bonds is 4. The van der Waals surface area contributed by atoms with Crippen molar-refractivity contribution in [3.8, 4) is 11.5 Å². The van der Waals surface area contributed by atoms with Gasteiger partial charge in [0.05, 0.1) is 0 Å². The maximum atomic E-state index is 12.1. The summed E-state index contributed by atoms with van der Waals surface area (Å²) in [6.45, 7) is 10.1. The Morgan fingerprint density at radius 3 is 2.35 bits per heavy atom. The quantitative estimate of drug-likeness (QED) is 0.612. The lowest BCUT2D eigenvalue weighted by atomic mass is 9.86. The molecular formula is C20H24O3. The van der Waals surface area contributed by atoms with Crippen LogP contribution in [0.4, 0.5) is 0 Å². The van der Waals surface area contributed by atoms with E-state index in [2.05, 4.69) is 20.8 Å². The molecule has 0 aromatic heterocycles. The summed E-state index contributed by atoms with van der Waals surface area (Å²) in [5.41, 5.74) is 3.08. The molecule has 0 N–H and O–H groups in total. The molecule has 0 saturated carbocycles. The fourth-order valence-electron chi connectivity index (χ4n) is 2.43. The summed E-state index contributed by atoms with van der Waals surface area (Å²) < 4.78 is 11.1. The molecule has 0 saturated heterocycles. The van der Waals surface area contributed by atoms with Crippen molar-refractivity contribution >= 4 is 5.97 Å². The van der Waals surface area contributed by atoms with Crippen LogP contribution in [0.25, 0.3) is 0 Å². The minimum atomic E-state index is -0.401. The molecule has 2 rings (SSSR count). The van der Waals surface area contributed by atoms with Crippen molar-refractivity contribution in [2.24, 2.45) is 0 Å². The SMILES string of the molecule is Cc1ccc(OCC(=O)Oc2ccccc2C(C)(C)C)c(C)c1. The van der Waals surface area contributed by atoms with E-state index >= 15 is 0 Å². The Morgan fingerprint density at radius 1 is 1.00 bits per heavy atom. The summed E-state index contributed by atoms with van der Waals surface area (Å²) >= 11 is 0. The predicted octanol–water partition coefficient (Wildman–Crippen LogP) is 4.59. The first kappa shape index (κ1) is 17.1. The first-order valence-corrected chi connectivity index (χ1v) is 7.77. The van der Waals surface area contributed by atoms with E-state index < -0.39 is 5.97 Å². The van der Waals surface area contributed by atoms with Gasteiger partial charge in [-0.25, -0.2) is 4.79 Å². The summed E-state index contributed by atoms with van der Waals surface area (Å²) in [6, 6.07) is 13.5. The molecule has 0 atom stereocenters. The Morgan fingerprint density at radius 2 is 1.70 bits per heavy atom. The largest absolute Gasteiger partial charge is 0.482 e. The van der Waals surface area contributed by atoms with Crippen molar-refractivity contribution in [3.05, 3.63) is 59.2 Å². The molecule has 0 aliphatic heterocycles. The second-order valence-corrected chi connectivity index (χ2v) is 6.78. The number of carbonyl (C=O) groups is 1. The number of aryl methyl sites for hydroxylation is 2. The Hall–Kier alpha value is -2.29. The van der Waals surface area contributed by atoms with Crippen LogP contribution in [-0.4, -0.2) is 12.6 Å². The highest BCUT2D eigenvalue weighted by atomic mass is 16.6. The van der Waals surface area contributed by atoms with Crippen molar-refractivity contribution in [1.82, 2.24) is 0 Å². The van der Waals surface area contributed by atoms with Gasteiger partial charge in [0.2, 0.25) is 0 Å². The van der Waals surface area contributed by atoms with E-state index in [1.165, 1.54) is 0 Å². The van der Waals surface area contributed by atoms with E-state index in [1.54, 1.807) is 0 Å². The second-order valence-electron chi connectivity index (χ2n) is 6.78. The zero-order valence-electron chi connectivity index (χ0n) is 14.5. The lowest BCUT2D eigenvalue weighted by molar-refractivity contribution is -0.136. The third-order valence-electron chi connectivity index (χ3n) is 3.59. The van der Waals surface area contributed by atoms with E-state index in [4.69, 9.17) is 9.47 Å². The van der Waals surface area contributed by atoms with E-state index in [9.17, 15) is 4.79 Å². The van der Waals surface area contributed by atoms with Crippen LogP contribution in [0.15, 0.2) is 42.5 Å². The molecule has 0 amide bonds. The molecule has 23 heavy (non-hydrogen) atoms. The standard InChI is InChI=1S/C20H24O3/c1-14-10-11-17(15(2)12-14)22-13-19(21)23-18-9-7-6-8-16(18)20(3,4)5/h6-12H,13H2,1-5H3. The van der Waals surface area contributed by atoms with Gasteiger partial charge >= 0.3 is 5.97 Å². The minimum absolute atomic E-state index is 0.0920. The molecule has 0 heterocycles. The first-order chi connectivity index (χ1) is 10.8. The summed E-state index contributed by atoms with van der Waals surface area (Å²) in [5, 5.41) is 0. The Balaban J connectivity index is 2.03. The van der Waals surface area contributed by atoms with E-state index in [-0.39, 0.29) is 12.0 Å². The van der Waals surface area contributed by atoms with Gasteiger partial charge in [-0.3, -0.25) is 0 Å². The van der Waals surface area contributed by atoms with Crippen molar-refractivity contribution in [2.45, 2.75) is 40.0 Å². The van der Waals surface area contributed by atoms with Crippen molar-refractivity contribution < 1.29 is 14.3 Å². The fraction of sp³-hybridized carbons (Fsp3) is 0.350. The highest BCUT2D eigenvalue weighted by Crippen LogP contribution is 2.31. The maximum Gasteiger partial charge on any atom is 0.349 e. The summed E-state index contributed by atoms with van der Waals surface area (Å²) in [4.78, 5) is 12.1. The number of carbonyl (C=O) groups excluding carboxylic acids is 1. The highest BCUT2D eigenvalue weighted by Gasteiger charge is 2.20. The third kappa shape index (κ3) is 4.59. The predicted molar refractivity (Wildman–Crippen MR) is 92.2 cm³/mol. The average molecular weight is 312 g/mol. The smallest absolute Gasteiger partial charge is 0.349 e. The van der Waals surface area contributed by atoms with Gasteiger partial charge in [0.1, 0.15) is 11.5 Å². The molecule has 0 unspecified atom stereocenters. The molecule has 0 radical (unpaired) electrons. The van der Waals surface area contributed by atoms with Gasteiger partial charge in [0.25, 0.3) is 0 Å². The number of hydrogen-bond acceptors (Lipinski definition) is 3. The monoisotopic (exact) mass is 312 g/mol. The Kier molecular flexibility index (Phi) is 5.09. The molecule has 3 nitrogen and oxygen atoms in total. The normalized spacial score (nSPS) is 11.2. The lowest BCUT2D eigenvalue weighted by Crippen LogP contribution is -2.21. The number of hydrogen-bond donors (Lipinski definition) is 0. The molecule has 0 bridgehead atoms. The van der Waals surface area contributed by atoms with Gasteiger partial charge in [-0.15, -0.1) is 0 Å². The van der Waals surface area contributed by atoms with Gasteiger partial charge < -0.3 is 9.47 Å². The van der Waals surface area contributed by atoms with Crippen molar-refractivity contribution in [2.75, 3.05) is 6.61 Å². The molecule has 0 aliphatic carbocycles. The van der Waals surface area contributed by atoms with Crippen LogP contribution in [0, 0.1) is 13.8 Å². The zero-order chi connectivity index (χ0) is 17.0. The molecule has 3 heteroatoms.